The molecule has 0 unspecified atom stereocenters. The van der Waals surface area contributed by atoms with Crippen molar-refractivity contribution in [1.82, 2.24) is 4.90 Å². The molecule has 0 saturated carbocycles. The van der Waals surface area contributed by atoms with Crippen molar-refractivity contribution >= 4 is 25.4 Å². The highest BCUT2D eigenvalue weighted by Crippen LogP contribution is 2.30. The molecule has 162 valence electrons. The molecule has 0 N–H and O–H groups in total. The van der Waals surface area contributed by atoms with E-state index in [0.717, 1.165) is 11.3 Å². The summed E-state index contributed by atoms with van der Waals surface area (Å²) in [6, 6.07) is 12.3. The number of rotatable bonds is 4. The number of hydrogen-bond acceptors (Lipinski definition) is 6. The normalized spacial score (nSPS) is 24.8. The highest BCUT2D eigenvalue weighted by Gasteiger charge is 2.48. The third-order valence-electron chi connectivity index (χ3n) is 6.00. The van der Waals surface area contributed by atoms with Crippen molar-refractivity contribution in [1.29, 1.82) is 0 Å². The highest BCUT2D eigenvalue weighted by molar-refractivity contribution is 7.96. The van der Waals surface area contributed by atoms with E-state index in [9.17, 15) is 21.2 Å². The first-order chi connectivity index (χ1) is 14.2. The van der Waals surface area contributed by atoms with E-state index in [1.807, 2.05) is 11.8 Å². The van der Waals surface area contributed by atoms with Crippen molar-refractivity contribution in [2.75, 3.05) is 42.6 Å². The molecule has 9 heteroatoms. The van der Waals surface area contributed by atoms with E-state index >= 15 is 0 Å². The summed E-state index contributed by atoms with van der Waals surface area (Å²) in [6.45, 7) is 4.23. The van der Waals surface area contributed by atoms with Crippen LogP contribution < -0.4 is 4.90 Å². The minimum Gasteiger partial charge on any atom is -0.369 e. The molecule has 2 aromatic rings. The molecular weight excluding hydrogens is 427 g/mol. The van der Waals surface area contributed by atoms with E-state index in [2.05, 4.69) is 4.90 Å². The summed E-state index contributed by atoms with van der Waals surface area (Å²) in [6.07, 6.45) is 0. The number of sulfone groups is 2. The summed E-state index contributed by atoms with van der Waals surface area (Å²) >= 11 is 0. The molecule has 2 aliphatic rings. The van der Waals surface area contributed by atoms with Gasteiger partial charge in [0.2, 0.25) is 0 Å². The first-order valence-electron chi connectivity index (χ1n) is 9.91. The van der Waals surface area contributed by atoms with Gasteiger partial charge in [-0.25, -0.2) is 21.2 Å². The Morgan fingerprint density at radius 1 is 0.900 bits per heavy atom. The summed E-state index contributed by atoms with van der Waals surface area (Å²) in [5.74, 6) is -0.775. The summed E-state index contributed by atoms with van der Waals surface area (Å²) in [7, 11) is -7.21. The molecule has 4 rings (SSSR count). The third-order valence-corrected chi connectivity index (χ3v) is 10.1. The van der Waals surface area contributed by atoms with Crippen LogP contribution in [0.4, 0.5) is 10.1 Å². The lowest BCUT2D eigenvalue weighted by Gasteiger charge is -2.40. The molecule has 0 amide bonds. The zero-order chi connectivity index (χ0) is 21.5. The van der Waals surface area contributed by atoms with Crippen LogP contribution in [0.1, 0.15) is 5.56 Å². The maximum atomic E-state index is 13.3. The lowest BCUT2D eigenvalue weighted by atomic mass is 10.1. The largest absolute Gasteiger partial charge is 0.369 e. The van der Waals surface area contributed by atoms with Crippen molar-refractivity contribution < 1.29 is 21.2 Å². The van der Waals surface area contributed by atoms with E-state index < -0.39 is 31.0 Å². The van der Waals surface area contributed by atoms with E-state index in [1.54, 1.807) is 36.4 Å². The van der Waals surface area contributed by atoms with E-state index in [1.165, 1.54) is 12.1 Å². The molecule has 6 nitrogen and oxygen atoms in total. The third kappa shape index (κ3) is 4.24. The SMILES string of the molecule is Cc1ccc(S(=O)(=O)[C@@H]2CS(=O)(=O)C[C@H]2N2CCN(c3ccc(F)cc3)CC2)cc1. The van der Waals surface area contributed by atoms with Gasteiger partial charge in [-0.1, -0.05) is 17.7 Å². The van der Waals surface area contributed by atoms with E-state index in [-0.39, 0.29) is 22.2 Å². The number of anilines is 1. The minimum atomic E-state index is -3.77. The van der Waals surface area contributed by atoms with Crippen LogP contribution >= 0.6 is 0 Å². The predicted molar refractivity (Wildman–Crippen MR) is 115 cm³/mol. The molecule has 2 aliphatic heterocycles. The number of halogens is 1. The molecule has 2 saturated heterocycles. The zero-order valence-electron chi connectivity index (χ0n) is 16.7. The Morgan fingerprint density at radius 3 is 2.10 bits per heavy atom. The summed E-state index contributed by atoms with van der Waals surface area (Å²) < 4.78 is 64.5. The molecule has 30 heavy (non-hydrogen) atoms. The molecule has 0 bridgehead atoms. The first kappa shape index (κ1) is 21.3. The second kappa shape index (κ2) is 7.94. The number of aryl methyl sites for hydroxylation is 1. The van der Waals surface area contributed by atoms with Gasteiger partial charge in [-0.15, -0.1) is 0 Å². The van der Waals surface area contributed by atoms with Crippen molar-refractivity contribution in [3.8, 4) is 0 Å². The Bertz CT molecular complexity index is 1110. The Kier molecular flexibility index (Phi) is 5.63. The van der Waals surface area contributed by atoms with Gasteiger partial charge < -0.3 is 4.90 Å². The Balaban J connectivity index is 1.53. The predicted octanol–water partition coefficient (Wildman–Crippen LogP) is 1.90. The summed E-state index contributed by atoms with van der Waals surface area (Å²) in [4.78, 5) is 4.26. The molecule has 2 fully saturated rings. The monoisotopic (exact) mass is 452 g/mol. The van der Waals surface area contributed by atoms with Gasteiger partial charge in [0.05, 0.1) is 21.7 Å². The topological polar surface area (TPSA) is 74.8 Å². The van der Waals surface area contributed by atoms with Crippen LogP contribution in [0.3, 0.4) is 0 Å². The van der Waals surface area contributed by atoms with Crippen molar-refractivity contribution in [2.24, 2.45) is 0 Å². The summed E-state index contributed by atoms with van der Waals surface area (Å²) in [5, 5.41) is -0.970. The lowest BCUT2D eigenvalue weighted by molar-refractivity contribution is 0.201. The van der Waals surface area contributed by atoms with Gasteiger partial charge in [0.25, 0.3) is 0 Å². The fourth-order valence-electron chi connectivity index (χ4n) is 4.30. The fourth-order valence-corrected chi connectivity index (χ4v) is 9.13. The van der Waals surface area contributed by atoms with Crippen LogP contribution in [0.15, 0.2) is 53.4 Å². The molecule has 2 heterocycles. The molecule has 2 aromatic carbocycles. The number of benzene rings is 2. The molecule has 2 atom stereocenters. The fraction of sp³-hybridized carbons (Fsp3) is 0.429. The average Bonchev–Trinajstić information content (AvgIpc) is 3.05. The quantitative estimate of drug-likeness (QED) is 0.705. The van der Waals surface area contributed by atoms with Crippen LogP contribution in [-0.2, 0) is 19.7 Å². The van der Waals surface area contributed by atoms with Gasteiger partial charge in [-0.3, -0.25) is 4.90 Å². The van der Waals surface area contributed by atoms with Gasteiger partial charge in [-0.2, -0.15) is 0 Å². The standard InChI is InChI=1S/C21H25FN2O4S2/c1-16-2-8-19(9-3-16)30(27,28)21-15-29(25,26)14-20(21)24-12-10-23(11-13-24)18-6-4-17(22)5-7-18/h2-9,20-21H,10-15H2,1H3/t20-,21-/m1/s1. The molecule has 0 aliphatic carbocycles. The van der Waals surface area contributed by atoms with Gasteiger partial charge in [-0.05, 0) is 43.3 Å². The average molecular weight is 453 g/mol. The first-order valence-corrected chi connectivity index (χ1v) is 13.3. The minimum absolute atomic E-state index is 0.140. The number of nitrogens with zero attached hydrogens (tertiary/aromatic N) is 2. The van der Waals surface area contributed by atoms with E-state index in [0.29, 0.717) is 26.2 Å². The summed E-state index contributed by atoms with van der Waals surface area (Å²) in [5.41, 5.74) is 1.85. The molecule has 0 spiro atoms. The van der Waals surface area contributed by atoms with Crippen molar-refractivity contribution in [3.05, 3.63) is 59.9 Å². The van der Waals surface area contributed by atoms with Crippen LogP contribution in [-0.4, -0.2) is 70.7 Å². The number of piperazine rings is 1. The smallest absolute Gasteiger partial charge is 0.183 e. The van der Waals surface area contributed by atoms with Crippen molar-refractivity contribution in [2.45, 2.75) is 23.1 Å². The Morgan fingerprint density at radius 2 is 1.50 bits per heavy atom. The van der Waals surface area contributed by atoms with Gasteiger partial charge in [0.15, 0.2) is 19.7 Å². The lowest BCUT2D eigenvalue weighted by Crippen LogP contribution is -2.55. The second-order valence-corrected chi connectivity index (χ2v) is 12.4. The van der Waals surface area contributed by atoms with E-state index in [4.69, 9.17) is 0 Å². The zero-order valence-corrected chi connectivity index (χ0v) is 18.4. The maximum absolute atomic E-state index is 13.3. The van der Waals surface area contributed by atoms with Crippen molar-refractivity contribution in [3.63, 3.8) is 0 Å². The molecular formula is C21H25FN2O4S2. The van der Waals surface area contributed by atoms with Gasteiger partial charge >= 0.3 is 0 Å². The highest BCUT2D eigenvalue weighted by atomic mass is 32.2. The molecule has 0 aromatic heterocycles. The van der Waals surface area contributed by atoms with Crippen LogP contribution in [0, 0.1) is 12.7 Å². The molecule has 0 radical (unpaired) electrons. The number of hydrogen-bond donors (Lipinski definition) is 0. The second-order valence-electron chi connectivity index (χ2n) is 8.04. The van der Waals surface area contributed by atoms with Crippen LogP contribution in [0.5, 0.6) is 0 Å². The Hall–Kier alpha value is -1.97. The Labute approximate surface area is 177 Å². The van der Waals surface area contributed by atoms with Gasteiger partial charge in [0, 0.05) is 37.9 Å². The van der Waals surface area contributed by atoms with Crippen LogP contribution in [0.25, 0.3) is 0 Å². The maximum Gasteiger partial charge on any atom is 0.183 e. The van der Waals surface area contributed by atoms with Gasteiger partial charge in [0.1, 0.15) is 5.82 Å². The van der Waals surface area contributed by atoms with Crippen LogP contribution in [0.2, 0.25) is 0 Å².